The molecule has 0 amide bonds. The van der Waals surface area contributed by atoms with Crippen molar-refractivity contribution < 1.29 is 17.6 Å². The van der Waals surface area contributed by atoms with Crippen molar-refractivity contribution in [3.63, 3.8) is 0 Å². The summed E-state index contributed by atoms with van der Waals surface area (Å²) >= 11 is 0. The van der Waals surface area contributed by atoms with E-state index in [1.54, 1.807) is 0 Å². The van der Waals surface area contributed by atoms with E-state index in [0.29, 0.717) is 0 Å². The molecule has 0 atom stereocenters. The molecule has 0 saturated carbocycles. The average Bonchev–Trinajstić information content (AvgIpc) is 3.34. The number of fused-ring (bicyclic) bond motifs is 4. The van der Waals surface area contributed by atoms with Crippen LogP contribution < -0.4 is 0 Å². The fourth-order valence-corrected chi connectivity index (χ4v) is 5.22. The van der Waals surface area contributed by atoms with Crippen molar-refractivity contribution in [3.05, 3.63) is 133 Å². The van der Waals surface area contributed by atoms with Crippen LogP contribution in [0.25, 0.3) is 66.1 Å². The fraction of sp³-hybridized carbons (Fsp3) is 0.0286. The van der Waals surface area contributed by atoms with Gasteiger partial charge in [0.05, 0.1) is 5.56 Å². The summed E-state index contributed by atoms with van der Waals surface area (Å²) in [5.74, 6) is 0. The molecule has 0 bridgehead atoms. The summed E-state index contributed by atoms with van der Waals surface area (Å²) in [6.45, 7) is 0. The topological polar surface area (TPSA) is 13.1 Å². The van der Waals surface area contributed by atoms with Gasteiger partial charge in [-0.05, 0) is 86.6 Å². The smallest absolute Gasteiger partial charge is 0.416 e. The molecular formula is C35H21F3O. The minimum absolute atomic E-state index is 0.643. The van der Waals surface area contributed by atoms with Crippen LogP contribution in [-0.4, -0.2) is 0 Å². The molecule has 0 aliphatic carbocycles. The number of furan rings is 1. The lowest BCUT2D eigenvalue weighted by atomic mass is 9.96. The maximum atomic E-state index is 13.0. The van der Waals surface area contributed by atoms with Gasteiger partial charge in [0.25, 0.3) is 0 Å². The van der Waals surface area contributed by atoms with Crippen LogP contribution in [-0.2, 0) is 6.18 Å². The van der Waals surface area contributed by atoms with E-state index in [9.17, 15) is 13.2 Å². The Bertz CT molecular complexity index is 1980. The van der Waals surface area contributed by atoms with E-state index < -0.39 is 11.7 Å². The zero-order chi connectivity index (χ0) is 26.6. The van der Waals surface area contributed by atoms with Gasteiger partial charge in [0, 0.05) is 10.8 Å². The van der Waals surface area contributed by atoms with Gasteiger partial charge in [0.15, 0.2) is 0 Å². The molecule has 7 rings (SSSR count). The Morgan fingerprint density at radius 3 is 1.51 bits per heavy atom. The second kappa shape index (κ2) is 8.88. The lowest BCUT2D eigenvalue weighted by Crippen LogP contribution is -2.03. The fourth-order valence-electron chi connectivity index (χ4n) is 5.22. The van der Waals surface area contributed by atoms with Crippen LogP contribution in [0.4, 0.5) is 13.2 Å². The summed E-state index contributed by atoms with van der Waals surface area (Å²) in [6, 6.07) is 40.4. The van der Waals surface area contributed by atoms with Crippen molar-refractivity contribution in [2.45, 2.75) is 6.18 Å². The van der Waals surface area contributed by atoms with Crippen molar-refractivity contribution in [1.29, 1.82) is 0 Å². The highest BCUT2D eigenvalue weighted by Gasteiger charge is 2.30. The van der Waals surface area contributed by atoms with Crippen molar-refractivity contribution in [3.8, 4) is 33.4 Å². The molecule has 1 heterocycles. The molecule has 0 radical (unpaired) electrons. The second-order valence-corrected chi connectivity index (χ2v) is 9.74. The monoisotopic (exact) mass is 514 g/mol. The molecule has 39 heavy (non-hydrogen) atoms. The van der Waals surface area contributed by atoms with Crippen LogP contribution >= 0.6 is 0 Å². The molecule has 1 nitrogen and oxygen atoms in total. The highest BCUT2D eigenvalue weighted by Crippen LogP contribution is 2.35. The number of benzene rings is 6. The number of alkyl halides is 3. The van der Waals surface area contributed by atoms with Crippen molar-refractivity contribution in [2.75, 3.05) is 0 Å². The van der Waals surface area contributed by atoms with Crippen LogP contribution in [0, 0.1) is 0 Å². The summed E-state index contributed by atoms with van der Waals surface area (Å²) in [7, 11) is 0. The van der Waals surface area contributed by atoms with Crippen LogP contribution in [0.2, 0.25) is 0 Å². The third kappa shape index (κ3) is 4.24. The van der Waals surface area contributed by atoms with Crippen LogP contribution in [0.15, 0.2) is 132 Å². The molecule has 0 N–H and O–H groups in total. The van der Waals surface area contributed by atoms with Crippen LogP contribution in [0.5, 0.6) is 0 Å². The van der Waals surface area contributed by atoms with E-state index in [1.807, 2.05) is 42.5 Å². The first-order valence-corrected chi connectivity index (χ1v) is 12.7. The van der Waals surface area contributed by atoms with Gasteiger partial charge in [-0.2, -0.15) is 13.2 Å². The van der Waals surface area contributed by atoms with Crippen molar-refractivity contribution in [1.82, 2.24) is 0 Å². The second-order valence-electron chi connectivity index (χ2n) is 9.74. The van der Waals surface area contributed by atoms with Crippen LogP contribution in [0.3, 0.4) is 0 Å². The van der Waals surface area contributed by atoms with E-state index >= 15 is 0 Å². The van der Waals surface area contributed by atoms with E-state index in [2.05, 4.69) is 60.7 Å². The summed E-state index contributed by atoms with van der Waals surface area (Å²) < 4.78 is 44.8. The van der Waals surface area contributed by atoms with Gasteiger partial charge in [0.2, 0.25) is 0 Å². The maximum absolute atomic E-state index is 13.0. The van der Waals surface area contributed by atoms with Gasteiger partial charge < -0.3 is 4.42 Å². The molecule has 0 unspecified atom stereocenters. The predicted molar refractivity (Wildman–Crippen MR) is 153 cm³/mol. The Balaban J connectivity index is 1.20. The standard InChI is InChI=1S/C35H21F3O/c36-35(37,38)30-16-13-24(14-17-30)27-12-10-25-9-11-26(19-29(25)20-27)22-5-7-23(8-6-22)28-15-18-34-32(21-28)31-3-1-2-4-33(31)39-34/h1-21H. The molecule has 0 saturated heterocycles. The molecule has 0 aliphatic heterocycles. The number of halogens is 3. The van der Waals surface area contributed by atoms with Crippen LogP contribution in [0.1, 0.15) is 5.56 Å². The lowest BCUT2D eigenvalue weighted by molar-refractivity contribution is -0.137. The van der Waals surface area contributed by atoms with Crippen molar-refractivity contribution >= 4 is 32.7 Å². The molecule has 188 valence electrons. The highest BCUT2D eigenvalue weighted by atomic mass is 19.4. The molecule has 6 aromatic carbocycles. The maximum Gasteiger partial charge on any atom is 0.416 e. The lowest BCUT2D eigenvalue weighted by Gasteiger charge is -2.10. The van der Waals surface area contributed by atoms with Gasteiger partial charge in [-0.1, -0.05) is 84.9 Å². The molecule has 4 heteroatoms. The first-order valence-electron chi connectivity index (χ1n) is 12.7. The molecule has 1 aromatic heterocycles. The van der Waals surface area contributed by atoms with Gasteiger partial charge in [-0.3, -0.25) is 0 Å². The predicted octanol–water partition coefficient (Wildman–Crippen LogP) is 10.8. The van der Waals surface area contributed by atoms with Gasteiger partial charge in [-0.15, -0.1) is 0 Å². The molecule has 7 aromatic rings. The van der Waals surface area contributed by atoms with Gasteiger partial charge >= 0.3 is 6.18 Å². The largest absolute Gasteiger partial charge is 0.456 e. The first-order chi connectivity index (χ1) is 18.9. The Morgan fingerprint density at radius 1 is 0.410 bits per heavy atom. The van der Waals surface area contributed by atoms with E-state index in [0.717, 1.165) is 78.2 Å². The Hall–Kier alpha value is -4.83. The molecule has 0 aliphatic rings. The van der Waals surface area contributed by atoms with Crippen molar-refractivity contribution in [2.24, 2.45) is 0 Å². The Morgan fingerprint density at radius 2 is 0.897 bits per heavy atom. The summed E-state index contributed by atoms with van der Waals surface area (Å²) in [6.07, 6.45) is -4.34. The van der Waals surface area contributed by atoms with E-state index in [-0.39, 0.29) is 0 Å². The number of hydrogen-bond donors (Lipinski definition) is 0. The SMILES string of the molecule is FC(F)(F)c1ccc(-c2ccc3ccc(-c4ccc(-c5ccc6oc7ccccc7c6c5)cc4)cc3c2)cc1. The molecular weight excluding hydrogens is 493 g/mol. The quantitative estimate of drug-likeness (QED) is 0.229. The molecule has 0 spiro atoms. The van der Waals surface area contributed by atoms with Gasteiger partial charge in [-0.25, -0.2) is 0 Å². The normalized spacial score (nSPS) is 12.0. The van der Waals surface area contributed by atoms with E-state index in [4.69, 9.17) is 4.42 Å². The minimum atomic E-state index is -4.34. The Kier molecular flexibility index (Phi) is 5.31. The third-order valence-corrected chi connectivity index (χ3v) is 7.31. The average molecular weight is 515 g/mol. The van der Waals surface area contributed by atoms with Gasteiger partial charge in [0.1, 0.15) is 11.2 Å². The first kappa shape index (κ1) is 23.3. The number of para-hydroxylation sites is 1. The Labute approximate surface area is 222 Å². The minimum Gasteiger partial charge on any atom is -0.456 e. The summed E-state index contributed by atoms with van der Waals surface area (Å²) in [5.41, 5.74) is 7.17. The number of rotatable bonds is 3. The summed E-state index contributed by atoms with van der Waals surface area (Å²) in [5, 5.41) is 4.32. The van der Waals surface area contributed by atoms with E-state index in [1.165, 1.54) is 12.1 Å². The number of hydrogen-bond acceptors (Lipinski definition) is 1. The molecule has 0 fully saturated rings. The highest BCUT2D eigenvalue weighted by molar-refractivity contribution is 6.06. The zero-order valence-electron chi connectivity index (χ0n) is 20.7. The zero-order valence-corrected chi connectivity index (χ0v) is 20.7. The summed E-state index contributed by atoms with van der Waals surface area (Å²) in [4.78, 5) is 0. The third-order valence-electron chi connectivity index (χ3n) is 7.31.